The van der Waals surface area contributed by atoms with E-state index in [0.29, 0.717) is 36.3 Å². The number of urea groups is 1. The second-order valence-corrected chi connectivity index (χ2v) is 7.16. The Hall–Kier alpha value is -3.63. The first-order chi connectivity index (χ1) is 15.4. The van der Waals surface area contributed by atoms with Gasteiger partial charge in [-0.1, -0.05) is 18.2 Å². The molecule has 10 heteroatoms. The smallest absolute Gasteiger partial charge is 0.326 e. The number of aromatic nitrogens is 2. The van der Waals surface area contributed by atoms with E-state index in [0.717, 1.165) is 6.42 Å². The number of aromatic amines is 1. The highest BCUT2D eigenvalue weighted by Crippen LogP contribution is 2.19. The number of aryl methyl sites for hydroxylation is 1. The van der Waals surface area contributed by atoms with Crippen LogP contribution in [-0.4, -0.2) is 29.1 Å². The van der Waals surface area contributed by atoms with Crippen LogP contribution in [0.25, 0.3) is 11.1 Å². The number of rotatable bonds is 8. The second kappa shape index (κ2) is 10.6. The molecular formula is C22H24F2N6O2. The largest absolute Gasteiger partial charge is 0.331 e. The summed E-state index contributed by atoms with van der Waals surface area (Å²) >= 11 is 0. The summed E-state index contributed by atoms with van der Waals surface area (Å²) in [7, 11) is 0. The number of nitrogens with zero attached hydrogens (tertiary/aromatic N) is 1. The molecule has 0 saturated heterocycles. The van der Waals surface area contributed by atoms with Crippen LogP contribution in [0.1, 0.15) is 17.5 Å². The molecule has 3 rings (SSSR count). The van der Waals surface area contributed by atoms with Crippen LogP contribution in [0.15, 0.2) is 47.4 Å². The summed E-state index contributed by atoms with van der Waals surface area (Å²) in [5.74, 6) is -1.18. The Bertz CT molecular complexity index is 1170. The van der Waals surface area contributed by atoms with E-state index >= 15 is 0 Å². The van der Waals surface area contributed by atoms with Crippen LogP contribution in [0.4, 0.5) is 25.2 Å². The lowest BCUT2D eigenvalue weighted by Gasteiger charge is -2.09. The highest BCUT2D eigenvalue weighted by atomic mass is 19.1. The number of benzene rings is 2. The third kappa shape index (κ3) is 5.96. The summed E-state index contributed by atoms with van der Waals surface area (Å²) in [4.78, 5) is 30.9. The van der Waals surface area contributed by atoms with E-state index in [4.69, 9.17) is 5.73 Å². The Kier molecular flexibility index (Phi) is 7.63. The van der Waals surface area contributed by atoms with Crippen LogP contribution in [0.5, 0.6) is 0 Å². The number of hydrogen-bond donors (Lipinski definition) is 5. The predicted octanol–water partition coefficient (Wildman–Crippen LogP) is 3.11. The van der Waals surface area contributed by atoms with Gasteiger partial charge < -0.3 is 21.4 Å². The number of amides is 2. The fourth-order valence-corrected chi connectivity index (χ4v) is 2.96. The Morgan fingerprint density at radius 3 is 2.62 bits per heavy atom. The van der Waals surface area contributed by atoms with Crippen molar-refractivity contribution in [1.29, 1.82) is 0 Å². The fraction of sp³-hybridized carbons (Fsp3) is 0.227. The zero-order valence-electron chi connectivity index (χ0n) is 17.5. The van der Waals surface area contributed by atoms with Crippen LogP contribution in [0.3, 0.4) is 0 Å². The molecule has 0 atom stereocenters. The van der Waals surface area contributed by atoms with Crippen LogP contribution >= 0.6 is 0 Å². The van der Waals surface area contributed by atoms with E-state index in [1.807, 2.05) is 0 Å². The van der Waals surface area contributed by atoms with Gasteiger partial charge in [-0.05, 0) is 55.8 Å². The SMILES string of the molecule is Cc1ccc(NC(=O)Nc2nc(=O)c(-c3ccc(CNCCCN)c(F)c3)c[nH]2)c(F)c1. The number of carbonyl (C=O) groups excluding carboxylic acids is 1. The summed E-state index contributed by atoms with van der Waals surface area (Å²) in [6, 6.07) is 8.05. The van der Waals surface area contributed by atoms with E-state index < -0.39 is 23.2 Å². The normalized spacial score (nSPS) is 10.8. The third-order valence-electron chi connectivity index (χ3n) is 4.64. The molecule has 0 aliphatic rings. The van der Waals surface area contributed by atoms with Gasteiger partial charge in [0.1, 0.15) is 11.6 Å². The molecule has 8 nitrogen and oxygen atoms in total. The van der Waals surface area contributed by atoms with Crippen LogP contribution in [0, 0.1) is 18.6 Å². The summed E-state index contributed by atoms with van der Waals surface area (Å²) in [5.41, 5.74) is 6.42. The molecule has 0 saturated carbocycles. The molecule has 6 N–H and O–H groups in total. The zero-order valence-corrected chi connectivity index (χ0v) is 17.5. The van der Waals surface area contributed by atoms with Gasteiger partial charge in [0.15, 0.2) is 0 Å². The Morgan fingerprint density at radius 2 is 1.94 bits per heavy atom. The number of halogens is 2. The summed E-state index contributed by atoms with van der Waals surface area (Å²) in [6.07, 6.45) is 2.12. The molecule has 32 heavy (non-hydrogen) atoms. The molecule has 0 aliphatic carbocycles. The number of H-pyrrole nitrogens is 1. The van der Waals surface area contributed by atoms with Gasteiger partial charge in [-0.25, -0.2) is 13.6 Å². The van der Waals surface area contributed by atoms with Gasteiger partial charge in [-0.3, -0.25) is 10.1 Å². The van der Waals surface area contributed by atoms with Gasteiger partial charge in [0.25, 0.3) is 5.56 Å². The standard InChI is InChI=1S/C22H24F2N6O2/c1-13-3-6-19(18(24)9-13)28-22(32)30-21-27-12-16(20(31)29-21)14-4-5-15(17(23)10-14)11-26-8-2-7-25/h3-6,9-10,12,26H,2,7-8,11,25H2,1H3,(H3,27,28,29,30,31,32). The van der Waals surface area contributed by atoms with Crippen molar-refractivity contribution in [1.82, 2.24) is 15.3 Å². The number of nitrogens with two attached hydrogens (primary N) is 1. The van der Waals surface area contributed by atoms with E-state index in [1.54, 1.807) is 25.1 Å². The number of anilines is 2. The van der Waals surface area contributed by atoms with Gasteiger partial charge in [0.05, 0.1) is 11.3 Å². The van der Waals surface area contributed by atoms with Gasteiger partial charge >= 0.3 is 6.03 Å². The van der Waals surface area contributed by atoms with Gasteiger partial charge in [-0.15, -0.1) is 0 Å². The molecule has 0 radical (unpaired) electrons. The Labute approximate surface area is 183 Å². The third-order valence-corrected chi connectivity index (χ3v) is 4.64. The van der Waals surface area contributed by atoms with E-state index in [9.17, 15) is 18.4 Å². The van der Waals surface area contributed by atoms with E-state index in [2.05, 4.69) is 25.9 Å². The van der Waals surface area contributed by atoms with Crippen LogP contribution < -0.4 is 27.2 Å². The van der Waals surface area contributed by atoms with Crippen molar-refractivity contribution in [2.75, 3.05) is 23.7 Å². The molecule has 2 amide bonds. The van der Waals surface area contributed by atoms with Gasteiger partial charge in [0.2, 0.25) is 5.95 Å². The Balaban J connectivity index is 1.67. The van der Waals surface area contributed by atoms with Crippen molar-refractivity contribution in [3.8, 4) is 11.1 Å². The van der Waals surface area contributed by atoms with E-state index in [-0.39, 0.29) is 17.2 Å². The lowest BCUT2D eigenvalue weighted by Crippen LogP contribution is -2.23. The minimum Gasteiger partial charge on any atom is -0.331 e. The topological polar surface area (TPSA) is 125 Å². The van der Waals surface area contributed by atoms with Crippen molar-refractivity contribution in [3.63, 3.8) is 0 Å². The average Bonchev–Trinajstić information content (AvgIpc) is 2.74. The number of carbonyl (C=O) groups is 1. The molecule has 1 heterocycles. The van der Waals surface area contributed by atoms with Crippen molar-refractivity contribution in [3.05, 3.63) is 75.7 Å². The van der Waals surface area contributed by atoms with Gasteiger partial charge in [-0.2, -0.15) is 4.98 Å². The molecular weight excluding hydrogens is 418 g/mol. The fourth-order valence-electron chi connectivity index (χ4n) is 2.96. The molecule has 2 aromatic carbocycles. The first-order valence-electron chi connectivity index (χ1n) is 10.0. The minimum atomic E-state index is -0.777. The van der Waals surface area contributed by atoms with Crippen LogP contribution in [0.2, 0.25) is 0 Å². The van der Waals surface area contributed by atoms with Crippen molar-refractivity contribution in [2.24, 2.45) is 5.73 Å². The Morgan fingerprint density at radius 1 is 1.12 bits per heavy atom. The summed E-state index contributed by atoms with van der Waals surface area (Å²) in [6.45, 7) is 3.31. The summed E-state index contributed by atoms with van der Waals surface area (Å²) in [5, 5.41) is 7.76. The molecule has 0 fully saturated rings. The maximum atomic E-state index is 14.4. The molecule has 3 aromatic rings. The number of hydrogen-bond acceptors (Lipinski definition) is 5. The first kappa shape index (κ1) is 23.0. The van der Waals surface area contributed by atoms with Crippen LogP contribution in [-0.2, 0) is 6.54 Å². The molecule has 1 aromatic heterocycles. The minimum absolute atomic E-state index is 0.0138. The van der Waals surface area contributed by atoms with Crippen molar-refractivity contribution in [2.45, 2.75) is 19.9 Å². The number of nitrogens with one attached hydrogen (secondary N) is 4. The van der Waals surface area contributed by atoms with E-state index in [1.165, 1.54) is 24.4 Å². The molecule has 0 bridgehead atoms. The second-order valence-electron chi connectivity index (χ2n) is 7.16. The maximum absolute atomic E-state index is 14.4. The first-order valence-corrected chi connectivity index (χ1v) is 10.0. The highest BCUT2D eigenvalue weighted by Gasteiger charge is 2.12. The molecule has 0 unspecified atom stereocenters. The monoisotopic (exact) mass is 442 g/mol. The average molecular weight is 442 g/mol. The lowest BCUT2D eigenvalue weighted by atomic mass is 10.1. The highest BCUT2D eigenvalue weighted by molar-refractivity contribution is 5.98. The summed E-state index contributed by atoms with van der Waals surface area (Å²) < 4.78 is 28.3. The quantitative estimate of drug-likeness (QED) is 0.343. The molecule has 0 aliphatic heterocycles. The molecule has 168 valence electrons. The van der Waals surface area contributed by atoms with Crippen molar-refractivity contribution >= 4 is 17.7 Å². The predicted molar refractivity (Wildman–Crippen MR) is 119 cm³/mol. The zero-order chi connectivity index (χ0) is 23.1. The molecule has 0 spiro atoms. The van der Waals surface area contributed by atoms with Crippen molar-refractivity contribution < 1.29 is 13.6 Å². The maximum Gasteiger partial charge on any atom is 0.326 e. The lowest BCUT2D eigenvalue weighted by molar-refractivity contribution is 0.262. The van der Waals surface area contributed by atoms with Gasteiger partial charge in [0, 0.05) is 18.3 Å².